The Kier molecular flexibility index (Phi) is 2.92. The van der Waals surface area contributed by atoms with Gasteiger partial charge in [0.1, 0.15) is 37.6 Å². The normalized spacial score (nSPS) is 17.8. The lowest BCUT2D eigenvalue weighted by Gasteiger charge is -2.21. The van der Waals surface area contributed by atoms with Crippen molar-refractivity contribution in [3.63, 3.8) is 0 Å². The molecule has 0 bridgehead atoms. The molecule has 0 amide bonds. The molecule has 1 aromatic carbocycles. The number of hydrazone groups is 2. The Hall–Kier alpha value is -2.38. The third-order valence-corrected chi connectivity index (χ3v) is 3.13. The Balaban J connectivity index is 1.96. The van der Waals surface area contributed by atoms with Crippen LogP contribution in [0.5, 0.6) is 0 Å². The molecule has 1 aromatic rings. The zero-order valence-corrected chi connectivity index (χ0v) is 11.2. The summed E-state index contributed by atoms with van der Waals surface area (Å²) in [6.07, 6.45) is 3.04. The van der Waals surface area contributed by atoms with Crippen LogP contribution in [0.3, 0.4) is 0 Å². The van der Waals surface area contributed by atoms with E-state index in [-0.39, 0.29) is 11.4 Å². The van der Waals surface area contributed by atoms with Crippen LogP contribution < -0.4 is 9.80 Å². The summed E-state index contributed by atoms with van der Waals surface area (Å²) in [6, 6.07) is 2.37. The number of hydrogen-bond acceptors (Lipinski definition) is 6. The predicted octanol–water partition coefficient (Wildman–Crippen LogP) is 1.27. The van der Waals surface area contributed by atoms with E-state index in [1.54, 1.807) is 33.9 Å². The lowest BCUT2D eigenvalue weighted by Crippen LogP contribution is -2.27. The van der Waals surface area contributed by atoms with Crippen molar-refractivity contribution in [2.45, 2.75) is 0 Å². The highest BCUT2D eigenvalue weighted by Crippen LogP contribution is 2.30. The first-order chi connectivity index (χ1) is 9.54. The van der Waals surface area contributed by atoms with Gasteiger partial charge in [0, 0.05) is 20.2 Å². The molecule has 0 saturated carbocycles. The maximum absolute atomic E-state index is 13.9. The molecule has 6 nitrogen and oxygen atoms in total. The van der Waals surface area contributed by atoms with Crippen LogP contribution in [-0.2, 0) is 0 Å². The molecule has 20 heavy (non-hydrogen) atoms. The van der Waals surface area contributed by atoms with Crippen molar-refractivity contribution in [3.05, 3.63) is 23.8 Å². The Morgan fingerprint density at radius 1 is 0.850 bits per heavy atom. The largest absolute Gasteiger partial charge is 0.308 e. The number of benzene rings is 1. The molecule has 2 heterocycles. The summed E-state index contributed by atoms with van der Waals surface area (Å²) in [6.45, 7) is 0.853. The second-order valence-corrected chi connectivity index (χ2v) is 4.75. The fourth-order valence-corrected chi connectivity index (χ4v) is 2.13. The molecule has 2 aliphatic rings. The van der Waals surface area contributed by atoms with Crippen LogP contribution in [0.15, 0.2) is 22.3 Å². The van der Waals surface area contributed by atoms with E-state index in [2.05, 4.69) is 10.2 Å². The highest BCUT2D eigenvalue weighted by atomic mass is 19.1. The van der Waals surface area contributed by atoms with E-state index in [9.17, 15) is 8.78 Å². The zero-order chi connectivity index (χ0) is 14.3. The van der Waals surface area contributed by atoms with Crippen molar-refractivity contribution in [2.24, 2.45) is 10.2 Å². The number of halogens is 2. The second kappa shape index (κ2) is 4.62. The van der Waals surface area contributed by atoms with Crippen LogP contribution in [0, 0.1) is 11.6 Å². The standard InChI is InChI=1S/C12H14F2N6/c1-17-7-19(5-15-17)11-4-12(10(14)3-9(11)13)20-6-16-18(2)8-20/h3-6H,7-8H2,1-2H3. The molecule has 106 valence electrons. The van der Waals surface area contributed by atoms with E-state index >= 15 is 0 Å². The average Bonchev–Trinajstić information content (AvgIpc) is 2.99. The molecule has 0 saturated heterocycles. The fraction of sp³-hybridized carbons (Fsp3) is 0.333. The first-order valence-electron chi connectivity index (χ1n) is 6.07. The van der Waals surface area contributed by atoms with Crippen molar-refractivity contribution in [3.8, 4) is 0 Å². The van der Waals surface area contributed by atoms with Crippen LogP contribution in [-0.4, -0.2) is 50.1 Å². The van der Waals surface area contributed by atoms with Gasteiger partial charge >= 0.3 is 0 Å². The topological polar surface area (TPSA) is 37.7 Å². The lowest BCUT2D eigenvalue weighted by molar-refractivity contribution is 0.391. The van der Waals surface area contributed by atoms with Gasteiger partial charge in [-0.3, -0.25) is 10.0 Å². The highest BCUT2D eigenvalue weighted by molar-refractivity contribution is 5.86. The summed E-state index contributed by atoms with van der Waals surface area (Å²) in [7, 11) is 3.56. The Morgan fingerprint density at radius 3 is 1.65 bits per heavy atom. The molecule has 0 fully saturated rings. The molecule has 0 unspecified atom stereocenters. The molecule has 8 heteroatoms. The third kappa shape index (κ3) is 2.13. The van der Waals surface area contributed by atoms with Crippen LogP contribution in [0.25, 0.3) is 0 Å². The minimum atomic E-state index is -0.613. The fourth-order valence-electron chi connectivity index (χ4n) is 2.13. The summed E-state index contributed by atoms with van der Waals surface area (Å²) in [4.78, 5) is 3.24. The molecule has 0 atom stereocenters. The molecule has 2 aliphatic heterocycles. The van der Waals surface area contributed by atoms with Crippen molar-refractivity contribution >= 4 is 24.1 Å². The van der Waals surface area contributed by atoms with E-state index in [0.717, 1.165) is 6.07 Å². The summed E-state index contributed by atoms with van der Waals surface area (Å²) in [5, 5.41) is 11.4. The number of anilines is 2. The maximum Gasteiger partial charge on any atom is 0.149 e. The van der Waals surface area contributed by atoms with Gasteiger partial charge in [0.15, 0.2) is 0 Å². The zero-order valence-electron chi connectivity index (χ0n) is 11.2. The average molecular weight is 280 g/mol. The quantitative estimate of drug-likeness (QED) is 0.817. The lowest BCUT2D eigenvalue weighted by atomic mass is 10.2. The van der Waals surface area contributed by atoms with E-state index in [0.29, 0.717) is 13.3 Å². The summed E-state index contributed by atoms with van der Waals surface area (Å²) in [5.41, 5.74) is 0.579. The molecule has 0 aromatic heterocycles. The Morgan fingerprint density at radius 2 is 1.30 bits per heavy atom. The number of nitrogens with zero attached hydrogens (tertiary/aromatic N) is 6. The third-order valence-electron chi connectivity index (χ3n) is 3.13. The van der Waals surface area contributed by atoms with Crippen LogP contribution in [0.2, 0.25) is 0 Å². The van der Waals surface area contributed by atoms with Gasteiger partial charge < -0.3 is 9.80 Å². The molecule has 3 rings (SSSR count). The van der Waals surface area contributed by atoms with E-state index in [1.165, 1.54) is 18.7 Å². The second-order valence-electron chi connectivity index (χ2n) is 4.75. The van der Waals surface area contributed by atoms with Crippen molar-refractivity contribution in [1.82, 2.24) is 10.0 Å². The van der Waals surface area contributed by atoms with Gasteiger partial charge in [-0.25, -0.2) is 8.78 Å². The predicted molar refractivity (Wildman–Crippen MR) is 73.6 cm³/mol. The van der Waals surface area contributed by atoms with Gasteiger partial charge in [-0.05, 0) is 6.07 Å². The highest BCUT2D eigenvalue weighted by Gasteiger charge is 2.22. The Labute approximate surface area is 115 Å². The molecule has 0 spiro atoms. The summed E-state index contributed by atoms with van der Waals surface area (Å²) < 4.78 is 27.9. The van der Waals surface area contributed by atoms with E-state index in [1.807, 2.05) is 0 Å². The van der Waals surface area contributed by atoms with Gasteiger partial charge in [0.25, 0.3) is 0 Å². The summed E-state index contributed by atoms with van der Waals surface area (Å²) >= 11 is 0. The Bertz CT molecular complexity index is 540. The van der Waals surface area contributed by atoms with Gasteiger partial charge in [0.05, 0.1) is 11.4 Å². The molecular weight excluding hydrogens is 266 g/mol. The number of rotatable bonds is 2. The smallest absolute Gasteiger partial charge is 0.149 e. The minimum absolute atomic E-state index is 0.289. The van der Waals surface area contributed by atoms with Crippen LogP contribution in [0.4, 0.5) is 20.2 Å². The first kappa shape index (κ1) is 12.6. The molecule has 0 N–H and O–H groups in total. The van der Waals surface area contributed by atoms with Gasteiger partial charge in [-0.15, -0.1) is 0 Å². The van der Waals surface area contributed by atoms with Gasteiger partial charge in [-0.1, -0.05) is 0 Å². The van der Waals surface area contributed by atoms with Crippen molar-refractivity contribution in [2.75, 3.05) is 37.2 Å². The van der Waals surface area contributed by atoms with Crippen molar-refractivity contribution in [1.29, 1.82) is 0 Å². The summed E-state index contributed by atoms with van der Waals surface area (Å²) in [5.74, 6) is -1.23. The van der Waals surface area contributed by atoms with Crippen LogP contribution in [0.1, 0.15) is 0 Å². The number of hydrogen-bond donors (Lipinski definition) is 0. The first-order valence-corrected chi connectivity index (χ1v) is 6.07. The maximum atomic E-state index is 13.9. The van der Waals surface area contributed by atoms with Gasteiger partial charge in [0.2, 0.25) is 0 Å². The van der Waals surface area contributed by atoms with E-state index < -0.39 is 11.6 Å². The minimum Gasteiger partial charge on any atom is -0.308 e. The van der Waals surface area contributed by atoms with Crippen LogP contribution >= 0.6 is 0 Å². The SMILES string of the molecule is CN1CN(c2cc(N3C=NN(C)C3)c(F)cc2F)C=N1. The molecular formula is C12H14F2N6. The monoisotopic (exact) mass is 280 g/mol. The van der Waals surface area contributed by atoms with Crippen molar-refractivity contribution < 1.29 is 8.78 Å². The molecule has 0 radical (unpaired) electrons. The van der Waals surface area contributed by atoms with E-state index in [4.69, 9.17) is 0 Å². The van der Waals surface area contributed by atoms with Gasteiger partial charge in [-0.2, -0.15) is 10.2 Å². The molecule has 0 aliphatic carbocycles.